The summed E-state index contributed by atoms with van der Waals surface area (Å²) in [4.78, 5) is 3.52. The van der Waals surface area contributed by atoms with Gasteiger partial charge in [-0.25, -0.2) is 4.39 Å². The van der Waals surface area contributed by atoms with Crippen molar-refractivity contribution < 1.29 is 22.3 Å². The fraction of sp³-hybridized carbons (Fsp3) is 0.444. The Morgan fingerprint density at radius 3 is 2.71 bits per heavy atom. The van der Waals surface area contributed by atoms with Gasteiger partial charge in [-0.15, -0.1) is 0 Å². The number of hydrogen-bond acceptors (Lipinski definition) is 4. The van der Waals surface area contributed by atoms with Crippen LogP contribution in [0.3, 0.4) is 0 Å². The van der Waals surface area contributed by atoms with E-state index in [4.69, 9.17) is 5.84 Å². The number of hydrogen-bond donors (Lipinski definition) is 2. The zero-order chi connectivity index (χ0) is 12.9. The Kier molecular flexibility index (Phi) is 4.79. The highest BCUT2D eigenvalue weighted by Crippen LogP contribution is 2.18. The lowest BCUT2D eigenvalue weighted by Crippen LogP contribution is -2.33. The number of nitrogens with two attached hydrogens (primary N) is 1. The van der Waals surface area contributed by atoms with E-state index in [-0.39, 0.29) is 5.56 Å². The standard InChI is InChI=1S/C9H11F4N3O/c10-7-3-15-2-1-6(7)8(16-14)4-17-5-9(11,12)13/h1-3,8,16H,4-5,14H2. The molecule has 0 radical (unpaired) electrons. The first-order valence-electron chi connectivity index (χ1n) is 4.64. The third kappa shape index (κ3) is 4.63. The van der Waals surface area contributed by atoms with Crippen molar-refractivity contribution in [1.29, 1.82) is 0 Å². The maximum absolute atomic E-state index is 13.3. The number of alkyl halides is 3. The van der Waals surface area contributed by atoms with Gasteiger partial charge in [0.15, 0.2) is 0 Å². The number of aromatic nitrogens is 1. The number of rotatable bonds is 5. The lowest BCUT2D eigenvalue weighted by atomic mass is 10.1. The summed E-state index contributed by atoms with van der Waals surface area (Å²) in [5.41, 5.74) is 2.29. The minimum atomic E-state index is -4.42. The average Bonchev–Trinajstić information content (AvgIpc) is 2.24. The molecule has 4 nitrogen and oxygen atoms in total. The molecule has 1 aromatic heterocycles. The highest BCUT2D eigenvalue weighted by atomic mass is 19.4. The molecule has 0 aromatic carbocycles. The quantitative estimate of drug-likeness (QED) is 0.472. The van der Waals surface area contributed by atoms with Crippen molar-refractivity contribution in [2.45, 2.75) is 12.2 Å². The van der Waals surface area contributed by atoms with Crippen molar-refractivity contribution in [2.24, 2.45) is 5.84 Å². The Balaban J connectivity index is 2.58. The predicted molar refractivity (Wildman–Crippen MR) is 51.1 cm³/mol. The average molecular weight is 253 g/mol. The summed E-state index contributed by atoms with van der Waals surface area (Å²) in [5, 5.41) is 0. The van der Waals surface area contributed by atoms with Crippen LogP contribution in [0, 0.1) is 5.82 Å². The maximum Gasteiger partial charge on any atom is 0.411 e. The zero-order valence-electron chi connectivity index (χ0n) is 8.67. The monoisotopic (exact) mass is 253 g/mol. The topological polar surface area (TPSA) is 60.2 Å². The normalized spacial score (nSPS) is 13.7. The van der Waals surface area contributed by atoms with Gasteiger partial charge in [0.1, 0.15) is 12.4 Å². The molecule has 0 aliphatic carbocycles. The number of halogens is 4. The summed E-state index contributed by atoms with van der Waals surface area (Å²) in [6.07, 6.45) is -2.16. The van der Waals surface area contributed by atoms with Crippen LogP contribution in [0.2, 0.25) is 0 Å². The van der Waals surface area contributed by atoms with E-state index < -0.39 is 31.2 Å². The first kappa shape index (κ1) is 13.8. The molecule has 1 aromatic rings. The van der Waals surface area contributed by atoms with Crippen LogP contribution in [-0.2, 0) is 4.74 Å². The van der Waals surface area contributed by atoms with Gasteiger partial charge in [-0.05, 0) is 6.07 Å². The smallest absolute Gasteiger partial charge is 0.370 e. The van der Waals surface area contributed by atoms with E-state index in [1.807, 2.05) is 0 Å². The second-order valence-corrected chi connectivity index (χ2v) is 3.25. The summed E-state index contributed by atoms with van der Waals surface area (Å²) in [7, 11) is 0. The molecule has 0 amide bonds. The van der Waals surface area contributed by atoms with Crippen LogP contribution in [-0.4, -0.2) is 24.4 Å². The summed E-state index contributed by atoms with van der Waals surface area (Å²) >= 11 is 0. The van der Waals surface area contributed by atoms with Gasteiger partial charge in [0, 0.05) is 11.8 Å². The molecule has 0 aliphatic rings. The molecular weight excluding hydrogens is 242 g/mol. The van der Waals surface area contributed by atoms with Gasteiger partial charge in [-0.2, -0.15) is 13.2 Å². The van der Waals surface area contributed by atoms with Gasteiger partial charge in [-0.3, -0.25) is 16.3 Å². The number of nitrogens with one attached hydrogen (secondary N) is 1. The highest BCUT2D eigenvalue weighted by molar-refractivity contribution is 5.17. The number of hydrazine groups is 1. The van der Waals surface area contributed by atoms with E-state index in [0.29, 0.717) is 0 Å². The highest BCUT2D eigenvalue weighted by Gasteiger charge is 2.28. The molecule has 17 heavy (non-hydrogen) atoms. The summed E-state index contributed by atoms with van der Waals surface area (Å²) in [6, 6.07) is 0.455. The van der Waals surface area contributed by atoms with Crippen LogP contribution in [0.1, 0.15) is 11.6 Å². The van der Waals surface area contributed by atoms with Gasteiger partial charge < -0.3 is 4.74 Å². The molecule has 0 spiro atoms. The summed E-state index contributed by atoms with van der Waals surface area (Å²) < 4.78 is 53.2. The second-order valence-electron chi connectivity index (χ2n) is 3.25. The molecule has 1 unspecified atom stereocenters. The molecule has 0 saturated heterocycles. The fourth-order valence-corrected chi connectivity index (χ4v) is 1.19. The van der Waals surface area contributed by atoms with E-state index >= 15 is 0 Å². The van der Waals surface area contributed by atoms with Crippen LogP contribution >= 0.6 is 0 Å². The lowest BCUT2D eigenvalue weighted by Gasteiger charge is -2.17. The molecule has 0 bridgehead atoms. The Labute approximate surface area is 94.7 Å². The largest absolute Gasteiger partial charge is 0.411 e. The van der Waals surface area contributed by atoms with Crippen molar-refractivity contribution in [3.8, 4) is 0 Å². The first-order chi connectivity index (χ1) is 7.94. The predicted octanol–water partition coefficient (Wildman–Crippen LogP) is 1.30. The van der Waals surface area contributed by atoms with E-state index in [2.05, 4.69) is 15.1 Å². The van der Waals surface area contributed by atoms with Crippen LogP contribution in [0.5, 0.6) is 0 Å². The maximum atomic E-state index is 13.3. The van der Waals surface area contributed by atoms with Crippen LogP contribution < -0.4 is 11.3 Å². The third-order valence-corrected chi connectivity index (χ3v) is 1.93. The molecule has 1 heterocycles. The Hall–Kier alpha value is -1.25. The number of ether oxygens (including phenoxy) is 1. The van der Waals surface area contributed by atoms with Crippen molar-refractivity contribution in [1.82, 2.24) is 10.4 Å². The van der Waals surface area contributed by atoms with E-state index in [1.165, 1.54) is 12.3 Å². The van der Waals surface area contributed by atoms with Crippen molar-refractivity contribution in [3.63, 3.8) is 0 Å². The molecule has 3 N–H and O–H groups in total. The first-order valence-corrected chi connectivity index (χ1v) is 4.64. The van der Waals surface area contributed by atoms with Gasteiger partial charge in [0.05, 0.1) is 18.8 Å². The summed E-state index contributed by atoms with van der Waals surface area (Å²) in [5.74, 6) is 4.46. The molecular formula is C9H11F4N3O. The Morgan fingerprint density at radius 1 is 1.47 bits per heavy atom. The molecule has 8 heteroatoms. The molecule has 0 fully saturated rings. The second kappa shape index (κ2) is 5.89. The van der Waals surface area contributed by atoms with Gasteiger partial charge in [-0.1, -0.05) is 0 Å². The zero-order valence-corrected chi connectivity index (χ0v) is 8.67. The van der Waals surface area contributed by atoms with E-state index in [9.17, 15) is 17.6 Å². The molecule has 96 valence electrons. The van der Waals surface area contributed by atoms with Gasteiger partial charge in [0.25, 0.3) is 0 Å². The molecule has 0 saturated carbocycles. The van der Waals surface area contributed by atoms with Crippen molar-refractivity contribution in [3.05, 3.63) is 29.8 Å². The van der Waals surface area contributed by atoms with E-state index in [0.717, 1.165) is 6.20 Å². The number of nitrogens with zero attached hydrogens (tertiary/aromatic N) is 1. The minimum absolute atomic E-state index is 0.102. The van der Waals surface area contributed by atoms with Crippen molar-refractivity contribution in [2.75, 3.05) is 13.2 Å². The molecule has 1 rings (SSSR count). The summed E-state index contributed by atoms with van der Waals surface area (Å²) in [6.45, 7) is -1.80. The molecule has 1 atom stereocenters. The Morgan fingerprint density at radius 2 is 2.18 bits per heavy atom. The van der Waals surface area contributed by atoms with Crippen LogP contribution in [0.4, 0.5) is 17.6 Å². The SMILES string of the molecule is NNC(COCC(F)(F)F)c1ccncc1F. The fourth-order valence-electron chi connectivity index (χ4n) is 1.19. The number of pyridine rings is 1. The third-order valence-electron chi connectivity index (χ3n) is 1.93. The Bertz CT molecular complexity index is 358. The van der Waals surface area contributed by atoms with Crippen molar-refractivity contribution >= 4 is 0 Å². The van der Waals surface area contributed by atoms with Gasteiger partial charge >= 0.3 is 6.18 Å². The minimum Gasteiger partial charge on any atom is -0.370 e. The lowest BCUT2D eigenvalue weighted by molar-refractivity contribution is -0.175. The van der Waals surface area contributed by atoms with Crippen LogP contribution in [0.25, 0.3) is 0 Å². The van der Waals surface area contributed by atoms with E-state index in [1.54, 1.807) is 0 Å². The van der Waals surface area contributed by atoms with Crippen LogP contribution in [0.15, 0.2) is 18.5 Å². The van der Waals surface area contributed by atoms with Gasteiger partial charge in [0.2, 0.25) is 0 Å². The molecule has 0 aliphatic heterocycles.